The van der Waals surface area contributed by atoms with Crippen molar-refractivity contribution in [2.24, 2.45) is 5.41 Å². The van der Waals surface area contributed by atoms with Crippen LogP contribution >= 0.6 is 0 Å². The predicted molar refractivity (Wildman–Crippen MR) is 96.7 cm³/mol. The van der Waals surface area contributed by atoms with Gasteiger partial charge in [-0.15, -0.1) is 0 Å². The third kappa shape index (κ3) is 3.00. The molecule has 0 saturated carbocycles. The second-order valence-corrected chi connectivity index (χ2v) is 7.87. The van der Waals surface area contributed by atoms with Gasteiger partial charge in [-0.05, 0) is 50.7 Å². The number of rotatable bonds is 2. The summed E-state index contributed by atoms with van der Waals surface area (Å²) in [6, 6.07) is 4.05. The molecule has 1 spiro atoms. The SMILES string of the molecule is Cc1cccnc1C(=O)N1CCC2(CCCN(C3CCOCC3)C2=O)C1. The van der Waals surface area contributed by atoms with Gasteiger partial charge in [0.25, 0.3) is 5.91 Å². The molecule has 140 valence electrons. The average molecular weight is 357 g/mol. The summed E-state index contributed by atoms with van der Waals surface area (Å²) in [7, 11) is 0. The van der Waals surface area contributed by atoms with Gasteiger partial charge in [0.05, 0.1) is 5.41 Å². The molecule has 3 saturated heterocycles. The van der Waals surface area contributed by atoms with Crippen LogP contribution in [0.5, 0.6) is 0 Å². The van der Waals surface area contributed by atoms with Crippen molar-refractivity contribution in [2.75, 3.05) is 32.8 Å². The van der Waals surface area contributed by atoms with Crippen LogP contribution in [0.15, 0.2) is 18.3 Å². The Hall–Kier alpha value is -1.95. The first-order chi connectivity index (χ1) is 12.6. The minimum absolute atomic E-state index is 0.0454. The molecule has 1 aromatic heterocycles. The highest BCUT2D eigenvalue weighted by atomic mass is 16.5. The fraction of sp³-hybridized carbons (Fsp3) is 0.650. The predicted octanol–water partition coefficient (Wildman–Crippen LogP) is 2.02. The molecule has 3 aliphatic heterocycles. The van der Waals surface area contributed by atoms with Crippen LogP contribution in [0.1, 0.15) is 48.2 Å². The molecule has 3 fully saturated rings. The van der Waals surface area contributed by atoms with Gasteiger partial charge in [-0.1, -0.05) is 6.07 Å². The molecule has 6 nitrogen and oxygen atoms in total. The summed E-state index contributed by atoms with van der Waals surface area (Å²) in [4.78, 5) is 34.4. The van der Waals surface area contributed by atoms with Crippen molar-refractivity contribution >= 4 is 11.8 Å². The van der Waals surface area contributed by atoms with Crippen molar-refractivity contribution in [1.29, 1.82) is 0 Å². The lowest BCUT2D eigenvalue weighted by Crippen LogP contribution is -2.55. The molecule has 3 aliphatic rings. The maximum absolute atomic E-state index is 13.4. The van der Waals surface area contributed by atoms with E-state index < -0.39 is 5.41 Å². The second kappa shape index (κ2) is 6.99. The molecular formula is C20H27N3O3. The number of nitrogens with zero attached hydrogens (tertiary/aromatic N) is 3. The van der Waals surface area contributed by atoms with Gasteiger partial charge in [0.2, 0.25) is 5.91 Å². The van der Waals surface area contributed by atoms with Crippen LogP contribution < -0.4 is 0 Å². The van der Waals surface area contributed by atoms with Crippen LogP contribution in [-0.4, -0.2) is 65.5 Å². The Kier molecular flexibility index (Phi) is 4.69. The molecule has 0 aromatic carbocycles. The van der Waals surface area contributed by atoms with Crippen molar-refractivity contribution in [2.45, 2.75) is 45.1 Å². The molecule has 2 amide bonds. The van der Waals surface area contributed by atoms with Gasteiger partial charge in [0, 0.05) is 45.1 Å². The van der Waals surface area contributed by atoms with E-state index in [-0.39, 0.29) is 11.8 Å². The molecule has 4 heterocycles. The van der Waals surface area contributed by atoms with Crippen LogP contribution in [0.3, 0.4) is 0 Å². The zero-order chi connectivity index (χ0) is 18.1. The molecule has 4 rings (SSSR count). The number of aryl methyl sites for hydroxylation is 1. The van der Waals surface area contributed by atoms with E-state index in [1.54, 1.807) is 6.20 Å². The van der Waals surface area contributed by atoms with Crippen molar-refractivity contribution < 1.29 is 14.3 Å². The van der Waals surface area contributed by atoms with Crippen LogP contribution in [0, 0.1) is 12.3 Å². The Morgan fingerprint density at radius 1 is 1.27 bits per heavy atom. The Bertz CT molecular complexity index is 701. The standard InChI is InChI=1S/C20H27N3O3/c1-15-4-2-9-21-17(15)18(24)22-11-8-20(14-22)7-3-10-23(19(20)25)16-5-12-26-13-6-16/h2,4,9,16H,3,5-8,10-14H2,1H3. The van der Waals surface area contributed by atoms with Gasteiger partial charge in [0.1, 0.15) is 5.69 Å². The maximum Gasteiger partial charge on any atom is 0.272 e. The highest BCUT2D eigenvalue weighted by Gasteiger charge is 2.50. The van der Waals surface area contributed by atoms with Gasteiger partial charge < -0.3 is 14.5 Å². The summed E-state index contributed by atoms with van der Waals surface area (Å²) < 4.78 is 5.45. The maximum atomic E-state index is 13.4. The molecular weight excluding hydrogens is 330 g/mol. The van der Waals surface area contributed by atoms with E-state index in [0.29, 0.717) is 24.8 Å². The van der Waals surface area contributed by atoms with Crippen molar-refractivity contribution in [1.82, 2.24) is 14.8 Å². The molecule has 0 bridgehead atoms. The lowest BCUT2D eigenvalue weighted by atomic mass is 9.77. The van der Waals surface area contributed by atoms with Crippen molar-refractivity contribution in [3.63, 3.8) is 0 Å². The first-order valence-electron chi connectivity index (χ1n) is 9.70. The highest BCUT2D eigenvalue weighted by Crippen LogP contribution is 2.41. The number of hydrogen-bond acceptors (Lipinski definition) is 4. The molecule has 0 radical (unpaired) electrons. The minimum atomic E-state index is -0.394. The molecule has 0 aliphatic carbocycles. The molecule has 6 heteroatoms. The van der Waals surface area contributed by atoms with Crippen molar-refractivity contribution in [3.8, 4) is 0 Å². The van der Waals surface area contributed by atoms with Crippen LogP contribution in [0.4, 0.5) is 0 Å². The molecule has 1 atom stereocenters. The smallest absolute Gasteiger partial charge is 0.272 e. The van der Waals surface area contributed by atoms with Gasteiger partial charge >= 0.3 is 0 Å². The fourth-order valence-electron chi connectivity index (χ4n) is 4.73. The fourth-order valence-corrected chi connectivity index (χ4v) is 4.73. The van der Waals surface area contributed by atoms with Crippen molar-refractivity contribution in [3.05, 3.63) is 29.6 Å². The Balaban J connectivity index is 1.50. The number of piperidine rings is 1. The lowest BCUT2D eigenvalue weighted by Gasteiger charge is -2.44. The number of aromatic nitrogens is 1. The largest absolute Gasteiger partial charge is 0.381 e. The Morgan fingerprint density at radius 2 is 2.08 bits per heavy atom. The van der Waals surface area contributed by atoms with Crippen LogP contribution in [0.25, 0.3) is 0 Å². The summed E-state index contributed by atoms with van der Waals surface area (Å²) in [5.41, 5.74) is 1.00. The van der Waals surface area contributed by atoms with E-state index in [1.165, 1.54) is 0 Å². The first-order valence-corrected chi connectivity index (χ1v) is 9.70. The van der Waals surface area contributed by atoms with E-state index in [4.69, 9.17) is 4.74 Å². The molecule has 1 aromatic rings. The zero-order valence-corrected chi connectivity index (χ0v) is 15.4. The Morgan fingerprint density at radius 3 is 2.85 bits per heavy atom. The minimum Gasteiger partial charge on any atom is -0.381 e. The zero-order valence-electron chi connectivity index (χ0n) is 15.4. The third-order valence-corrected chi connectivity index (χ3v) is 6.25. The molecule has 26 heavy (non-hydrogen) atoms. The average Bonchev–Trinajstić information content (AvgIpc) is 3.10. The quantitative estimate of drug-likeness (QED) is 0.812. The molecule has 0 N–H and O–H groups in total. The number of ether oxygens (including phenoxy) is 1. The highest BCUT2D eigenvalue weighted by molar-refractivity contribution is 5.95. The normalized spacial score (nSPS) is 27.3. The number of amides is 2. The lowest BCUT2D eigenvalue weighted by molar-refractivity contribution is -0.150. The topological polar surface area (TPSA) is 62.7 Å². The van der Waals surface area contributed by atoms with Crippen LogP contribution in [0.2, 0.25) is 0 Å². The van der Waals surface area contributed by atoms with E-state index in [1.807, 2.05) is 24.0 Å². The number of hydrogen-bond donors (Lipinski definition) is 0. The number of pyridine rings is 1. The number of carbonyl (C=O) groups is 2. The van der Waals surface area contributed by atoms with Crippen LogP contribution in [-0.2, 0) is 9.53 Å². The van der Waals surface area contributed by atoms with E-state index in [2.05, 4.69) is 9.88 Å². The number of likely N-dealkylation sites (tertiary alicyclic amines) is 2. The third-order valence-electron chi connectivity index (χ3n) is 6.25. The summed E-state index contributed by atoms with van der Waals surface area (Å²) >= 11 is 0. The van der Waals surface area contributed by atoms with Gasteiger partial charge in [-0.3, -0.25) is 14.6 Å². The monoisotopic (exact) mass is 357 g/mol. The Labute approximate surface area is 154 Å². The second-order valence-electron chi connectivity index (χ2n) is 7.87. The first kappa shape index (κ1) is 17.5. The summed E-state index contributed by atoms with van der Waals surface area (Å²) in [6.07, 6.45) is 6.19. The van der Waals surface area contributed by atoms with E-state index in [0.717, 1.165) is 57.4 Å². The summed E-state index contributed by atoms with van der Waals surface area (Å²) in [5.74, 6) is 0.208. The number of carbonyl (C=O) groups excluding carboxylic acids is 2. The van der Waals surface area contributed by atoms with E-state index in [9.17, 15) is 9.59 Å². The van der Waals surface area contributed by atoms with E-state index >= 15 is 0 Å². The van der Waals surface area contributed by atoms with Gasteiger partial charge in [-0.2, -0.15) is 0 Å². The van der Waals surface area contributed by atoms with Gasteiger partial charge in [0.15, 0.2) is 0 Å². The van der Waals surface area contributed by atoms with Gasteiger partial charge in [-0.25, -0.2) is 0 Å². The molecule has 1 unspecified atom stereocenters. The summed E-state index contributed by atoms with van der Waals surface area (Å²) in [5, 5.41) is 0. The summed E-state index contributed by atoms with van der Waals surface area (Å²) in [6.45, 7) is 5.40.